The number of nitrogens with one attached hydrogen (secondary N) is 1. The van der Waals surface area contributed by atoms with Gasteiger partial charge in [0.25, 0.3) is 0 Å². The quantitative estimate of drug-likeness (QED) is 0.596. The molecule has 0 aromatic heterocycles. The first-order valence-corrected chi connectivity index (χ1v) is 3.63. The Hall–Kier alpha value is -0.570. The minimum atomic E-state index is -0.345. The van der Waals surface area contributed by atoms with Crippen LogP contribution in [0.25, 0.3) is 0 Å². The van der Waals surface area contributed by atoms with Crippen molar-refractivity contribution in [3.8, 4) is 0 Å². The zero-order valence-electron chi connectivity index (χ0n) is 6.85. The third-order valence-electron chi connectivity index (χ3n) is 1.21. The van der Waals surface area contributed by atoms with E-state index in [0.29, 0.717) is 6.42 Å². The van der Waals surface area contributed by atoms with Gasteiger partial charge in [0.2, 0.25) is 5.91 Å². The molecule has 1 atom stereocenters. The van der Waals surface area contributed by atoms with E-state index in [0.717, 1.165) is 0 Å². The fourth-order valence-electron chi connectivity index (χ4n) is 0.577. The van der Waals surface area contributed by atoms with Crippen molar-refractivity contribution in [3.05, 3.63) is 0 Å². The van der Waals surface area contributed by atoms with E-state index in [1.165, 1.54) is 0 Å². The van der Waals surface area contributed by atoms with E-state index >= 15 is 0 Å². The average molecular weight is 144 g/mol. The molecule has 0 bridgehead atoms. The molecule has 60 valence electrons. The summed E-state index contributed by atoms with van der Waals surface area (Å²) in [6.07, 6.45) is 0.693. The summed E-state index contributed by atoms with van der Waals surface area (Å²) in [6.45, 7) is 5.73. The van der Waals surface area contributed by atoms with Gasteiger partial charge in [-0.05, 0) is 20.3 Å². The Kier molecular flexibility index (Phi) is 4.03. The highest BCUT2D eigenvalue weighted by Crippen LogP contribution is 1.86. The number of hydrogen-bond acceptors (Lipinski definition) is 2. The Morgan fingerprint density at radius 1 is 1.60 bits per heavy atom. The molecule has 0 heterocycles. The first-order chi connectivity index (χ1) is 4.57. The third kappa shape index (κ3) is 3.45. The molecule has 0 aromatic carbocycles. The van der Waals surface area contributed by atoms with Gasteiger partial charge in [-0.15, -0.1) is 0 Å². The number of carbonyl (C=O) groups is 1. The van der Waals surface area contributed by atoms with Crippen molar-refractivity contribution < 1.29 is 4.79 Å². The standard InChI is InChI=1S/C7H16N2O/c1-4-6(8)7(10)9-5(2)3/h5-6H,4,8H2,1-3H3,(H,9,10)/t6-/m0/s1. The molecule has 0 saturated heterocycles. The van der Waals surface area contributed by atoms with Crippen molar-refractivity contribution in [2.75, 3.05) is 0 Å². The summed E-state index contributed by atoms with van der Waals surface area (Å²) in [7, 11) is 0. The molecule has 0 unspecified atom stereocenters. The SMILES string of the molecule is CC[C@H](N)C(=O)NC(C)C. The van der Waals surface area contributed by atoms with Crippen molar-refractivity contribution in [2.24, 2.45) is 5.73 Å². The predicted molar refractivity (Wildman–Crippen MR) is 41.5 cm³/mol. The van der Waals surface area contributed by atoms with Gasteiger partial charge in [0.15, 0.2) is 0 Å². The highest BCUT2D eigenvalue weighted by molar-refractivity contribution is 5.81. The lowest BCUT2D eigenvalue weighted by Crippen LogP contribution is -2.43. The van der Waals surface area contributed by atoms with Crippen LogP contribution < -0.4 is 11.1 Å². The predicted octanol–water partition coefficient (Wildman–Crippen LogP) is 0.248. The summed E-state index contributed by atoms with van der Waals surface area (Å²) in [5.74, 6) is -0.0579. The fraction of sp³-hybridized carbons (Fsp3) is 0.857. The van der Waals surface area contributed by atoms with E-state index in [-0.39, 0.29) is 18.0 Å². The molecule has 10 heavy (non-hydrogen) atoms. The van der Waals surface area contributed by atoms with Crippen LogP contribution in [-0.2, 0) is 4.79 Å². The van der Waals surface area contributed by atoms with Gasteiger partial charge in [-0.3, -0.25) is 4.79 Å². The van der Waals surface area contributed by atoms with E-state index in [1.54, 1.807) is 0 Å². The van der Waals surface area contributed by atoms with Gasteiger partial charge in [0.1, 0.15) is 0 Å². The first-order valence-electron chi connectivity index (χ1n) is 3.63. The second-order valence-corrected chi connectivity index (χ2v) is 2.68. The van der Waals surface area contributed by atoms with Gasteiger partial charge in [-0.2, -0.15) is 0 Å². The minimum absolute atomic E-state index is 0.0579. The fourth-order valence-corrected chi connectivity index (χ4v) is 0.577. The molecule has 3 N–H and O–H groups in total. The van der Waals surface area contributed by atoms with Crippen molar-refractivity contribution >= 4 is 5.91 Å². The Balaban J connectivity index is 3.62. The van der Waals surface area contributed by atoms with Gasteiger partial charge in [-0.1, -0.05) is 6.92 Å². The topological polar surface area (TPSA) is 55.1 Å². The van der Waals surface area contributed by atoms with E-state index in [9.17, 15) is 4.79 Å². The second kappa shape index (κ2) is 4.28. The molecular weight excluding hydrogens is 128 g/mol. The number of nitrogens with two attached hydrogens (primary N) is 1. The highest BCUT2D eigenvalue weighted by Gasteiger charge is 2.10. The average Bonchev–Trinajstić information content (AvgIpc) is 1.85. The van der Waals surface area contributed by atoms with Gasteiger partial charge in [0, 0.05) is 6.04 Å². The number of amides is 1. The van der Waals surface area contributed by atoms with E-state index in [2.05, 4.69) is 5.32 Å². The molecule has 0 radical (unpaired) electrons. The minimum Gasteiger partial charge on any atom is -0.353 e. The van der Waals surface area contributed by atoms with Gasteiger partial charge in [0.05, 0.1) is 6.04 Å². The van der Waals surface area contributed by atoms with Crippen LogP contribution in [0.1, 0.15) is 27.2 Å². The first kappa shape index (κ1) is 9.43. The maximum atomic E-state index is 10.9. The molecular formula is C7H16N2O. The van der Waals surface area contributed by atoms with Crippen LogP contribution in [0.3, 0.4) is 0 Å². The molecule has 3 nitrogen and oxygen atoms in total. The van der Waals surface area contributed by atoms with Crippen molar-refractivity contribution in [2.45, 2.75) is 39.3 Å². The summed E-state index contributed by atoms with van der Waals surface area (Å²) in [5.41, 5.74) is 5.45. The third-order valence-corrected chi connectivity index (χ3v) is 1.21. The molecule has 0 rings (SSSR count). The van der Waals surface area contributed by atoms with Gasteiger partial charge < -0.3 is 11.1 Å². The maximum Gasteiger partial charge on any atom is 0.237 e. The Morgan fingerprint density at radius 2 is 2.10 bits per heavy atom. The molecule has 0 aliphatic heterocycles. The van der Waals surface area contributed by atoms with Crippen LogP contribution in [0.4, 0.5) is 0 Å². The highest BCUT2D eigenvalue weighted by atomic mass is 16.2. The number of rotatable bonds is 3. The van der Waals surface area contributed by atoms with Crippen LogP contribution >= 0.6 is 0 Å². The summed E-state index contributed by atoms with van der Waals surface area (Å²) in [4.78, 5) is 10.9. The lowest BCUT2D eigenvalue weighted by molar-refractivity contribution is -0.122. The maximum absolute atomic E-state index is 10.9. The summed E-state index contributed by atoms with van der Waals surface area (Å²) in [6, 6.07) is -0.160. The smallest absolute Gasteiger partial charge is 0.237 e. The molecule has 3 heteroatoms. The van der Waals surface area contributed by atoms with Crippen molar-refractivity contribution in [3.63, 3.8) is 0 Å². The zero-order chi connectivity index (χ0) is 8.15. The monoisotopic (exact) mass is 144 g/mol. The van der Waals surface area contributed by atoms with Gasteiger partial charge in [-0.25, -0.2) is 0 Å². The summed E-state index contributed by atoms with van der Waals surface area (Å²) >= 11 is 0. The molecule has 0 aliphatic carbocycles. The Bertz CT molecular complexity index is 112. The van der Waals surface area contributed by atoms with Crippen LogP contribution in [0.15, 0.2) is 0 Å². The van der Waals surface area contributed by atoms with Crippen molar-refractivity contribution in [1.29, 1.82) is 0 Å². The summed E-state index contributed by atoms with van der Waals surface area (Å²) in [5, 5.41) is 2.73. The van der Waals surface area contributed by atoms with Gasteiger partial charge >= 0.3 is 0 Å². The molecule has 0 spiro atoms. The molecule has 1 amide bonds. The van der Waals surface area contributed by atoms with Crippen LogP contribution in [0.5, 0.6) is 0 Å². The van der Waals surface area contributed by atoms with Crippen LogP contribution in [-0.4, -0.2) is 18.0 Å². The Labute approximate surface area is 62.0 Å². The number of hydrogen-bond donors (Lipinski definition) is 2. The van der Waals surface area contributed by atoms with E-state index in [1.807, 2.05) is 20.8 Å². The van der Waals surface area contributed by atoms with E-state index in [4.69, 9.17) is 5.73 Å². The van der Waals surface area contributed by atoms with Crippen LogP contribution in [0.2, 0.25) is 0 Å². The van der Waals surface area contributed by atoms with E-state index < -0.39 is 0 Å². The van der Waals surface area contributed by atoms with Crippen molar-refractivity contribution in [1.82, 2.24) is 5.32 Å². The lowest BCUT2D eigenvalue weighted by Gasteiger charge is -2.11. The molecule has 0 saturated carbocycles. The Morgan fingerprint density at radius 3 is 2.40 bits per heavy atom. The molecule has 0 aliphatic rings. The summed E-state index contributed by atoms with van der Waals surface area (Å²) < 4.78 is 0. The number of carbonyl (C=O) groups excluding carboxylic acids is 1. The molecule has 0 aromatic rings. The lowest BCUT2D eigenvalue weighted by atomic mass is 10.2. The second-order valence-electron chi connectivity index (χ2n) is 2.68. The molecule has 0 fully saturated rings. The van der Waals surface area contributed by atoms with Crippen LogP contribution in [0, 0.1) is 0 Å². The zero-order valence-corrected chi connectivity index (χ0v) is 6.85. The normalized spacial score (nSPS) is 13.3. The largest absolute Gasteiger partial charge is 0.353 e.